The largest absolute Gasteiger partial charge is 0.393 e. The van der Waals surface area contributed by atoms with Crippen molar-refractivity contribution in [2.24, 2.45) is 0 Å². The highest BCUT2D eigenvalue weighted by Crippen LogP contribution is 2.26. The number of carbonyl (C=O) groups excluding carboxylic acids is 1. The van der Waals surface area contributed by atoms with E-state index in [4.69, 9.17) is 0 Å². The molecule has 0 spiro atoms. The van der Waals surface area contributed by atoms with Gasteiger partial charge < -0.3 is 15.3 Å². The standard InChI is InChI=1S/C17H19FN4O2/c18-17(12-23)5-2-8-22(11-17)16(24)13-3-1-4-14(9-13)21-15-10-19-6-7-20-15/h1,3-4,6-7,9-10,23H,2,5,8,11-12H2,(H,20,21). The van der Waals surface area contributed by atoms with Gasteiger partial charge in [0.15, 0.2) is 5.67 Å². The normalized spacial score (nSPS) is 20.7. The third-order valence-electron chi connectivity index (χ3n) is 4.04. The van der Waals surface area contributed by atoms with Crippen LogP contribution >= 0.6 is 0 Å². The van der Waals surface area contributed by atoms with Gasteiger partial charge in [0, 0.05) is 30.2 Å². The fraction of sp³-hybridized carbons (Fsp3) is 0.353. The molecule has 1 atom stereocenters. The predicted molar refractivity (Wildman–Crippen MR) is 87.8 cm³/mol. The van der Waals surface area contributed by atoms with E-state index in [1.165, 1.54) is 4.90 Å². The Morgan fingerprint density at radius 2 is 2.29 bits per heavy atom. The number of aliphatic hydroxyl groups is 1. The zero-order valence-electron chi connectivity index (χ0n) is 13.2. The molecule has 1 fully saturated rings. The van der Waals surface area contributed by atoms with E-state index in [9.17, 15) is 14.3 Å². The molecule has 6 nitrogen and oxygen atoms in total. The number of nitrogens with zero attached hydrogens (tertiary/aromatic N) is 3. The fourth-order valence-corrected chi connectivity index (χ4v) is 2.81. The van der Waals surface area contributed by atoms with Gasteiger partial charge in [-0.3, -0.25) is 9.78 Å². The van der Waals surface area contributed by atoms with Crippen LogP contribution in [0.3, 0.4) is 0 Å². The first kappa shape index (κ1) is 16.3. The SMILES string of the molecule is O=C(c1cccc(Nc2cnccn2)c1)N1CCCC(F)(CO)C1. The predicted octanol–water partition coefficient (Wildman–Crippen LogP) is 2.16. The van der Waals surface area contributed by atoms with Gasteiger partial charge in [0.2, 0.25) is 0 Å². The van der Waals surface area contributed by atoms with Gasteiger partial charge >= 0.3 is 0 Å². The van der Waals surface area contributed by atoms with Crippen molar-refractivity contribution in [3.05, 3.63) is 48.4 Å². The van der Waals surface area contributed by atoms with Crippen molar-refractivity contribution in [3.8, 4) is 0 Å². The van der Waals surface area contributed by atoms with Gasteiger partial charge in [-0.2, -0.15) is 0 Å². The first-order valence-corrected chi connectivity index (χ1v) is 7.82. The molecule has 0 aliphatic carbocycles. The quantitative estimate of drug-likeness (QED) is 0.898. The molecular formula is C17H19FN4O2. The van der Waals surface area contributed by atoms with Crippen molar-refractivity contribution >= 4 is 17.4 Å². The summed E-state index contributed by atoms with van der Waals surface area (Å²) in [5.74, 6) is 0.330. The van der Waals surface area contributed by atoms with Crippen LogP contribution in [0.4, 0.5) is 15.9 Å². The lowest BCUT2D eigenvalue weighted by molar-refractivity contribution is 0.00174. The van der Waals surface area contributed by atoms with Crippen molar-refractivity contribution in [2.45, 2.75) is 18.5 Å². The number of benzene rings is 1. The van der Waals surface area contributed by atoms with Crippen LogP contribution < -0.4 is 5.32 Å². The van der Waals surface area contributed by atoms with Crippen LogP contribution in [0.25, 0.3) is 0 Å². The van der Waals surface area contributed by atoms with E-state index >= 15 is 0 Å². The van der Waals surface area contributed by atoms with Crippen LogP contribution in [0.1, 0.15) is 23.2 Å². The molecule has 7 heteroatoms. The molecule has 1 aliphatic heterocycles. The molecule has 1 saturated heterocycles. The summed E-state index contributed by atoms with van der Waals surface area (Å²) in [7, 11) is 0. The van der Waals surface area contributed by atoms with E-state index in [1.807, 2.05) is 6.07 Å². The van der Waals surface area contributed by atoms with E-state index in [0.29, 0.717) is 30.0 Å². The third-order valence-corrected chi connectivity index (χ3v) is 4.04. The lowest BCUT2D eigenvalue weighted by atomic mass is 9.95. The lowest BCUT2D eigenvalue weighted by Crippen LogP contribution is -2.49. The maximum absolute atomic E-state index is 14.3. The number of carbonyl (C=O) groups is 1. The third kappa shape index (κ3) is 3.68. The van der Waals surface area contributed by atoms with Crippen molar-refractivity contribution in [3.63, 3.8) is 0 Å². The number of aromatic nitrogens is 2. The molecule has 1 aromatic heterocycles. The summed E-state index contributed by atoms with van der Waals surface area (Å²) in [6.45, 7) is -0.151. The van der Waals surface area contributed by atoms with Crippen molar-refractivity contribution in [2.75, 3.05) is 25.0 Å². The van der Waals surface area contributed by atoms with Crippen molar-refractivity contribution in [1.82, 2.24) is 14.9 Å². The molecule has 126 valence electrons. The summed E-state index contributed by atoms with van der Waals surface area (Å²) < 4.78 is 14.3. The fourth-order valence-electron chi connectivity index (χ4n) is 2.81. The molecule has 0 radical (unpaired) electrons. The minimum atomic E-state index is -1.70. The van der Waals surface area contributed by atoms with Gasteiger partial charge in [-0.25, -0.2) is 9.37 Å². The minimum absolute atomic E-state index is 0.0792. The van der Waals surface area contributed by atoms with Crippen LogP contribution in [0.15, 0.2) is 42.9 Å². The molecule has 1 unspecified atom stereocenters. The van der Waals surface area contributed by atoms with Gasteiger partial charge in [0.1, 0.15) is 5.82 Å². The molecule has 2 N–H and O–H groups in total. The monoisotopic (exact) mass is 330 g/mol. The first-order valence-electron chi connectivity index (χ1n) is 7.82. The highest BCUT2D eigenvalue weighted by Gasteiger charge is 2.36. The summed E-state index contributed by atoms with van der Waals surface area (Å²) >= 11 is 0. The second-order valence-corrected chi connectivity index (χ2v) is 5.94. The van der Waals surface area contributed by atoms with Crippen LogP contribution in [-0.2, 0) is 0 Å². The van der Waals surface area contributed by atoms with Crippen LogP contribution in [0, 0.1) is 0 Å². The average Bonchev–Trinajstić information content (AvgIpc) is 2.62. The Balaban J connectivity index is 1.75. The maximum atomic E-state index is 14.3. The van der Waals surface area contributed by atoms with E-state index in [-0.39, 0.29) is 18.9 Å². The van der Waals surface area contributed by atoms with E-state index in [2.05, 4.69) is 15.3 Å². The molecule has 2 heterocycles. The van der Waals surface area contributed by atoms with E-state index in [1.54, 1.807) is 36.8 Å². The number of piperidine rings is 1. The van der Waals surface area contributed by atoms with Gasteiger partial charge in [-0.15, -0.1) is 0 Å². The second kappa shape index (κ2) is 6.92. The van der Waals surface area contributed by atoms with E-state index < -0.39 is 12.3 Å². The number of nitrogens with one attached hydrogen (secondary N) is 1. The number of anilines is 2. The first-order chi connectivity index (χ1) is 11.6. The Kier molecular flexibility index (Phi) is 4.71. The average molecular weight is 330 g/mol. The molecule has 1 aliphatic rings. The Labute approximate surface area is 139 Å². The van der Waals surface area contributed by atoms with E-state index in [0.717, 1.165) is 0 Å². The Morgan fingerprint density at radius 1 is 1.42 bits per heavy atom. The zero-order chi connectivity index (χ0) is 17.0. The number of halogens is 1. The molecule has 2 aromatic rings. The number of amides is 1. The van der Waals surface area contributed by atoms with Crippen LogP contribution in [0.2, 0.25) is 0 Å². The van der Waals surface area contributed by atoms with Gasteiger partial charge in [0.05, 0.1) is 19.3 Å². The molecule has 24 heavy (non-hydrogen) atoms. The van der Waals surface area contributed by atoms with Crippen LogP contribution in [0.5, 0.6) is 0 Å². The van der Waals surface area contributed by atoms with Crippen molar-refractivity contribution < 1.29 is 14.3 Å². The minimum Gasteiger partial charge on any atom is -0.393 e. The number of hydrogen-bond donors (Lipinski definition) is 2. The Bertz CT molecular complexity index is 713. The Morgan fingerprint density at radius 3 is 3.04 bits per heavy atom. The van der Waals surface area contributed by atoms with Crippen LogP contribution in [-0.4, -0.2) is 51.2 Å². The molecule has 1 aromatic carbocycles. The smallest absolute Gasteiger partial charge is 0.254 e. The highest BCUT2D eigenvalue weighted by atomic mass is 19.1. The number of likely N-dealkylation sites (tertiary alicyclic amines) is 1. The Hall–Kier alpha value is -2.54. The topological polar surface area (TPSA) is 78.4 Å². The summed E-state index contributed by atoms with van der Waals surface area (Å²) in [5.41, 5.74) is -0.540. The summed E-state index contributed by atoms with van der Waals surface area (Å²) in [6.07, 6.45) is 5.55. The molecule has 0 saturated carbocycles. The molecule has 1 amide bonds. The molecular weight excluding hydrogens is 311 g/mol. The number of hydrogen-bond acceptors (Lipinski definition) is 5. The summed E-state index contributed by atoms with van der Waals surface area (Å²) in [5, 5.41) is 12.3. The summed E-state index contributed by atoms with van der Waals surface area (Å²) in [4.78, 5) is 22.2. The lowest BCUT2D eigenvalue weighted by Gasteiger charge is -2.36. The summed E-state index contributed by atoms with van der Waals surface area (Å²) in [6, 6.07) is 6.96. The second-order valence-electron chi connectivity index (χ2n) is 5.94. The molecule has 3 rings (SSSR count). The number of rotatable bonds is 4. The van der Waals surface area contributed by atoms with Crippen molar-refractivity contribution in [1.29, 1.82) is 0 Å². The van der Waals surface area contributed by atoms with Gasteiger partial charge in [-0.1, -0.05) is 6.07 Å². The molecule has 0 bridgehead atoms. The zero-order valence-corrected chi connectivity index (χ0v) is 13.2. The highest BCUT2D eigenvalue weighted by molar-refractivity contribution is 5.95. The van der Waals surface area contributed by atoms with Gasteiger partial charge in [-0.05, 0) is 31.0 Å². The maximum Gasteiger partial charge on any atom is 0.254 e. The number of aliphatic hydroxyl groups excluding tert-OH is 1. The number of alkyl halides is 1. The van der Waals surface area contributed by atoms with Gasteiger partial charge in [0.25, 0.3) is 5.91 Å².